The molecule has 2 rings (SSSR count). The average Bonchev–Trinajstić information content (AvgIpc) is 2.67. The first-order chi connectivity index (χ1) is 8.11. The summed E-state index contributed by atoms with van der Waals surface area (Å²) in [6.45, 7) is 6.90. The molecule has 0 fully saturated rings. The highest BCUT2D eigenvalue weighted by Gasteiger charge is 2.20. The molecule has 0 amide bonds. The quantitative estimate of drug-likeness (QED) is 0.782. The third-order valence-electron chi connectivity index (χ3n) is 3.22. The number of Topliss-reactive ketones (excluding diaryl/α,β-unsaturated/α-hetero) is 1. The lowest BCUT2D eigenvalue weighted by atomic mass is 10.0. The predicted molar refractivity (Wildman–Crippen MR) is 70.7 cm³/mol. The molecule has 1 aromatic carbocycles. The van der Waals surface area contributed by atoms with Gasteiger partial charge in [0.2, 0.25) is 0 Å². The van der Waals surface area contributed by atoms with Crippen LogP contribution >= 0.6 is 0 Å². The summed E-state index contributed by atoms with van der Waals surface area (Å²) in [5, 5.41) is 6.55. The Morgan fingerprint density at radius 3 is 3.06 bits per heavy atom. The van der Waals surface area contributed by atoms with Crippen molar-refractivity contribution in [2.75, 3.05) is 11.9 Å². The number of ketones is 1. The van der Waals surface area contributed by atoms with Crippen LogP contribution in [0.15, 0.2) is 18.2 Å². The van der Waals surface area contributed by atoms with Crippen molar-refractivity contribution in [1.82, 2.24) is 5.32 Å². The van der Waals surface area contributed by atoms with E-state index >= 15 is 0 Å². The summed E-state index contributed by atoms with van der Waals surface area (Å²) in [5.74, 6) is 0.175. The first-order valence-electron chi connectivity index (χ1n) is 6.29. The molecule has 92 valence electrons. The normalized spacial score (nSPS) is 19.6. The van der Waals surface area contributed by atoms with Crippen molar-refractivity contribution in [3.8, 4) is 0 Å². The Morgan fingerprint density at radius 1 is 1.59 bits per heavy atom. The summed E-state index contributed by atoms with van der Waals surface area (Å²) < 4.78 is 0. The monoisotopic (exact) mass is 232 g/mol. The number of likely N-dealkylation sites (N-methyl/N-ethyl adjacent to an activating group) is 1. The maximum absolute atomic E-state index is 12.1. The molecule has 3 nitrogen and oxygen atoms in total. The molecule has 2 N–H and O–H groups in total. The SMILES string of the molecule is CCNC(C)C(=O)c1ccc2c(c1)CC(C)N2. The Labute approximate surface area is 103 Å². The highest BCUT2D eigenvalue weighted by Crippen LogP contribution is 2.26. The maximum Gasteiger partial charge on any atom is 0.179 e. The molecule has 1 heterocycles. The summed E-state index contributed by atoms with van der Waals surface area (Å²) in [6.07, 6.45) is 1.01. The molecule has 0 spiro atoms. The summed E-state index contributed by atoms with van der Waals surface area (Å²) in [5.41, 5.74) is 3.24. The average molecular weight is 232 g/mol. The van der Waals surface area contributed by atoms with Crippen molar-refractivity contribution in [2.24, 2.45) is 0 Å². The predicted octanol–water partition coefficient (Wildman–Crippen LogP) is 2.22. The fourth-order valence-corrected chi connectivity index (χ4v) is 2.35. The highest BCUT2D eigenvalue weighted by atomic mass is 16.1. The van der Waals surface area contributed by atoms with E-state index in [4.69, 9.17) is 0 Å². The third-order valence-corrected chi connectivity index (χ3v) is 3.22. The van der Waals surface area contributed by atoms with E-state index in [0.29, 0.717) is 6.04 Å². The molecule has 0 aromatic heterocycles. The summed E-state index contributed by atoms with van der Waals surface area (Å²) >= 11 is 0. The molecule has 2 atom stereocenters. The zero-order valence-corrected chi connectivity index (χ0v) is 10.7. The number of carbonyl (C=O) groups excluding carboxylic acids is 1. The molecule has 1 aliphatic heterocycles. The molecule has 17 heavy (non-hydrogen) atoms. The summed E-state index contributed by atoms with van der Waals surface area (Å²) in [7, 11) is 0. The summed E-state index contributed by atoms with van der Waals surface area (Å²) in [6, 6.07) is 6.33. The molecule has 0 saturated heterocycles. The Morgan fingerprint density at radius 2 is 2.35 bits per heavy atom. The number of fused-ring (bicyclic) bond motifs is 1. The molecule has 0 radical (unpaired) electrons. The lowest BCUT2D eigenvalue weighted by Crippen LogP contribution is -2.33. The minimum absolute atomic E-state index is 0.107. The van der Waals surface area contributed by atoms with Gasteiger partial charge < -0.3 is 10.6 Å². The maximum atomic E-state index is 12.1. The van der Waals surface area contributed by atoms with Gasteiger partial charge in [0.1, 0.15) is 0 Å². The fraction of sp³-hybridized carbons (Fsp3) is 0.500. The van der Waals surface area contributed by atoms with Crippen LogP contribution in [0, 0.1) is 0 Å². The first-order valence-corrected chi connectivity index (χ1v) is 6.29. The van der Waals surface area contributed by atoms with Crippen LogP contribution in [0.2, 0.25) is 0 Å². The number of anilines is 1. The van der Waals surface area contributed by atoms with Crippen molar-refractivity contribution in [2.45, 2.75) is 39.3 Å². The molecule has 1 aliphatic rings. The highest BCUT2D eigenvalue weighted by molar-refractivity contribution is 6.00. The van der Waals surface area contributed by atoms with Gasteiger partial charge in [-0.1, -0.05) is 6.92 Å². The third kappa shape index (κ3) is 2.50. The topological polar surface area (TPSA) is 41.1 Å². The van der Waals surface area contributed by atoms with E-state index in [9.17, 15) is 4.79 Å². The van der Waals surface area contributed by atoms with E-state index in [1.807, 2.05) is 32.0 Å². The molecule has 3 heteroatoms. The minimum Gasteiger partial charge on any atom is -0.382 e. The molecule has 1 aromatic rings. The molecule has 0 aliphatic carbocycles. The van der Waals surface area contributed by atoms with E-state index in [2.05, 4.69) is 17.6 Å². The van der Waals surface area contributed by atoms with Crippen molar-refractivity contribution in [3.05, 3.63) is 29.3 Å². The second kappa shape index (κ2) is 4.88. The van der Waals surface area contributed by atoms with Crippen LogP contribution < -0.4 is 10.6 Å². The Kier molecular flexibility index (Phi) is 3.48. The number of nitrogens with one attached hydrogen (secondary N) is 2. The number of benzene rings is 1. The van der Waals surface area contributed by atoms with Crippen LogP contribution in [0.5, 0.6) is 0 Å². The van der Waals surface area contributed by atoms with Gasteiger partial charge >= 0.3 is 0 Å². The standard InChI is InChI=1S/C14H20N2O/c1-4-15-10(3)14(17)11-5-6-13-12(8-11)7-9(2)16-13/h5-6,8-10,15-16H,4,7H2,1-3H3. The van der Waals surface area contributed by atoms with Gasteiger partial charge in [-0.3, -0.25) is 4.79 Å². The smallest absolute Gasteiger partial charge is 0.179 e. The van der Waals surface area contributed by atoms with E-state index in [-0.39, 0.29) is 11.8 Å². The van der Waals surface area contributed by atoms with E-state index < -0.39 is 0 Å². The van der Waals surface area contributed by atoms with Crippen LogP contribution in [0.4, 0.5) is 5.69 Å². The molecule has 0 saturated carbocycles. The van der Waals surface area contributed by atoms with Gasteiger partial charge in [-0.25, -0.2) is 0 Å². The lowest BCUT2D eigenvalue weighted by molar-refractivity contribution is 0.0952. The molecule has 0 bridgehead atoms. The second-order valence-corrected chi connectivity index (χ2v) is 4.77. The van der Waals surface area contributed by atoms with Gasteiger partial charge in [-0.15, -0.1) is 0 Å². The van der Waals surface area contributed by atoms with Gasteiger partial charge in [-0.05, 0) is 50.6 Å². The van der Waals surface area contributed by atoms with Crippen LogP contribution in [-0.4, -0.2) is 24.4 Å². The molecular weight excluding hydrogens is 212 g/mol. The molecule has 2 unspecified atom stereocenters. The fourth-order valence-electron chi connectivity index (χ4n) is 2.35. The summed E-state index contributed by atoms with van der Waals surface area (Å²) in [4.78, 5) is 12.1. The zero-order valence-electron chi connectivity index (χ0n) is 10.7. The first kappa shape index (κ1) is 12.1. The Hall–Kier alpha value is -1.35. The molecular formula is C14H20N2O. The van der Waals surface area contributed by atoms with Crippen LogP contribution in [0.3, 0.4) is 0 Å². The van der Waals surface area contributed by atoms with Crippen molar-refractivity contribution in [1.29, 1.82) is 0 Å². The lowest BCUT2D eigenvalue weighted by Gasteiger charge is -2.11. The van der Waals surface area contributed by atoms with Gasteiger partial charge in [0, 0.05) is 17.3 Å². The van der Waals surface area contributed by atoms with Crippen molar-refractivity contribution < 1.29 is 4.79 Å². The van der Waals surface area contributed by atoms with Crippen molar-refractivity contribution >= 4 is 11.5 Å². The largest absolute Gasteiger partial charge is 0.382 e. The van der Waals surface area contributed by atoms with Crippen LogP contribution in [0.1, 0.15) is 36.7 Å². The van der Waals surface area contributed by atoms with Gasteiger partial charge in [0.05, 0.1) is 6.04 Å². The van der Waals surface area contributed by atoms with E-state index in [1.54, 1.807) is 0 Å². The van der Waals surface area contributed by atoms with Crippen LogP contribution in [0.25, 0.3) is 0 Å². The second-order valence-electron chi connectivity index (χ2n) is 4.77. The van der Waals surface area contributed by atoms with Crippen LogP contribution in [-0.2, 0) is 6.42 Å². The van der Waals surface area contributed by atoms with Gasteiger partial charge in [0.15, 0.2) is 5.78 Å². The number of rotatable bonds is 4. The van der Waals surface area contributed by atoms with E-state index in [1.165, 1.54) is 11.3 Å². The van der Waals surface area contributed by atoms with E-state index in [0.717, 1.165) is 18.5 Å². The minimum atomic E-state index is -0.107. The Bertz CT molecular complexity index is 428. The Balaban J connectivity index is 2.18. The number of hydrogen-bond acceptors (Lipinski definition) is 3. The van der Waals surface area contributed by atoms with Gasteiger partial charge in [0.25, 0.3) is 0 Å². The number of carbonyl (C=O) groups is 1. The zero-order chi connectivity index (χ0) is 12.4. The van der Waals surface area contributed by atoms with Crippen molar-refractivity contribution in [3.63, 3.8) is 0 Å². The van der Waals surface area contributed by atoms with Gasteiger partial charge in [-0.2, -0.15) is 0 Å². The number of hydrogen-bond donors (Lipinski definition) is 2.